The molecule has 0 aliphatic carbocycles. The van der Waals surface area contributed by atoms with Crippen LogP contribution >= 0.6 is 34.8 Å². The third kappa shape index (κ3) is 4.40. The molecule has 5 nitrogen and oxygen atoms in total. The van der Waals surface area contributed by atoms with Crippen LogP contribution in [0, 0.1) is 0 Å². The molecule has 1 aliphatic heterocycles. The quantitative estimate of drug-likeness (QED) is 0.648. The lowest BCUT2D eigenvalue weighted by molar-refractivity contribution is 0.102. The normalized spacial score (nSPS) is 15.9. The zero-order valence-corrected chi connectivity index (χ0v) is 18.4. The number of benzene rings is 2. The van der Waals surface area contributed by atoms with E-state index in [0.29, 0.717) is 29.4 Å². The first kappa shape index (κ1) is 21.2. The molecule has 28 heavy (non-hydrogen) atoms. The van der Waals surface area contributed by atoms with Crippen molar-refractivity contribution in [3.63, 3.8) is 0 Å². The summed E-state index contributed by atoms with van der Waals surface area (Å²) in [6, 6.07) is 8.21. The van der Waals surface area contributed by atoms with Crippen LogP contribution in [0.25, 0.3) is 0 Å². The van der Waals surface area contributed by atoms with Gasteiger partial charge in [-0.15, -0.1) is 0 Å². The maximum atomic E-state index is 12.8. The highest BCUT2D eigenvalue weighted by Crippen LogP contribution is 2.35. The van der Waals surface area contributed by atoms with Gasteiger partial charge in [0.2, 0.25) is 10.0 Å². The smallest absolute Gasteiger partial charge is 0.257 e. The second-order valence-corrected chi connectivity index (χ2v) is 10.1. The zero-order valence-electron chi connectivity index (χ0n) is 15.3. The van der Waals surface area contributed by atoms with E-state index in [1.54, 1.807) is 6.07 Å². The van der Waals surface area contributed by atoms with E-state index in [1.165, 1.54) is 16.4 Å². The van der Waals surface area contributed by atoms with Gasteiger partial charge in [-0.25, -0.2) is 8.42 Å². The number of nitrogens with one attached hydrogen (secondary N) is 1. The maximum absolute atomic E-state index is 12.8. The Morgan fingerprint density at radius 1 is 1.11 bits per heavy atom. The first-order chi connectivity index (χ1) is 13.1. The van der Waals surface area contributed by atoms with Crippen LogP contribution in [0.3, 0.4) is 0 Å². The van der Waals surface area contributed by atoms with Crippen molar-refractivity contribution in [2.24, 2.45) is 0 Å². The standard InChI is InChI=1S/C19H19Cl3N2O3S/c1-11(2)12-6-13(20)8-14(7-12)23-19(25)16-9-15(10-17(21)18(16)22)24-4-3-5-28(24,26)27/h6-11H,3-5H2,1-2H3,(H,23,25). The number of amides is 1. The lowest BCUT2D eigenvalue weighted by Gasteiger charge is -2.19. The van der Waals surface area contributed by atoms with Crippen LogP contribution in [0.2, 0.25) is 15.1 Å². The molecule has 0 unspecified atom stereocenters. The van der Waals surface area contributed by atoms with Crippen molar-refractivity contribution >= 4 is 62.1 Å². The lowest BCUT2D eigenvalue weighted by atomic mass is 10.0. The molecular weight excluding hydrogens is 443 g/mol. The second kappa shape index (κ2) is 8.11. The summed E-state index contributed by atoms with van der Waals surface area (Å²) in [6.07, 6.45) is 0.518. The van der Waals surface area contributed by atoms with Crippen LogP contribution in [-0.4, -0.2) is 26.6 Å². The summed E-state index contributed by atoms with van der Waals surface area (Å²) >= 11 is 18.6. The average Bonchev–Trinajstić information content (AvgIpc) is 2.95. The van der Waals surface area contributed by atoms with E-state index in [0.717, 1.165) is 5.56 Å². The van der Waals surface area contributed by atoms with Gasteiger partial charge in [0.15, 0.2) is 0 Å². The van der Waals surface area contributed by atoms with Crippen molar-refractivity contribution in [2.75, 3.05) is 21.9 Å². The van der Waals surface area contributed by atoms with Crippen molar-refractivity contribution in [3.8, 4) is 0 Å². The topological polar surface area (TPSA) is 66.5 Å². The number of carbonyl (C=O) groups is 1. The minimum absolute atomic E-state index is 0.0608. The molecular formula is C19H19Cl3N2O3S. The molecule has 9 heteroatoms. The predicted molar refractivity (Wildman–Crippen MR) is 116 cm³/mol. The number of anilines is 2. The van der Waals surface area contributed by atoms with Gasteiger partial charge < -0.3 is 5.32 Å². The number of hydrogen-bond donors (Lipinski definition) is 1. The molecule has 1 aliphatic rings. The van der Waals surface area contributed by atoms with Crippen LogP contribution in [0.4, 0.5) is 11.4 Å². The van der Waals surface area contributed by atoms with E-state index in [-0.39, 0.29) is 27.3 Å². The number of nitrogens with zero attached hydrogens (tertiary/aromatic N) is 1. The molecule has 1 N–H and O–H groups in total. The van der Waals surface area contributed by atoms with Gasteiger partial charge in [-0.05, 0) is 48.2 Å². The molecule has 3 rings (SSSR count). The van der Waals surface area contributed by atoms with E-state index < -0.39 is 15.9 Å². The Balaban J connectivity index is 1.96. The molecule has 2 aromatic carbocycles. The highest BCUT2D eigenvalue weighted by Gasteiger charge is 2.30. The molecule has 0 radical (unpaired) electrons. The van der Waals surface area contributed by atoms with Crippen molar-refractivity contribution in [2.45, 2.75) is 26.2 Å². The summed E-state index contributed by atoms with van der Waals surface area (Å²) in [5.74, 6) is -0.201. The molecule has 0 atom stereocenters. The fourth-order valence-electron chi connectivity index (χ4n) is 3.03. The van der Waals surface area contributed by atoms with Crippen molar-refractivity contribution in [3.05, 3.63) is 56.5 Å². The van der Waals surface area contributed by atoms with Crippen LogP contribution in [0.1, 0.15) is 42.1 Å². The van der Waals surface area contributed by atoms with E-state index in [2.05, 4.69) is 5.32 Å². The molecule has 0 saturated carbocycles. The Hall–Kier alpha value is -1.47. The van der Waals surface area contributed by atoms with Crippen LogP contribution in [-0.2, 0) is 10.0 Å². The summed E-state index contributed by atoms with van der Waals surface area (Å²) in [6.45, 7) is 4.38. The number of halogens is 3. The first-order valence-electron chi connectivity index (χ1n) is 8.70. The van der Waals surface area contributed by atoms with Crippen molar-refractivity contribution < 1.29 is 13.2 Å². The summed E-state index contributed by atoms with van der Waals surface area (Å²) in [5.41, 5.74) is 1.92. The third-order valence-corrected chi connectivity index (χ3v) is 7.38. The van der Waals surface area contributed by atoms with Gasteiger partial charge in [0, 0.05) is 17.3 Å². The molecule has 2 aromatic rings. The summed E-state index contributed by atoms with van der Waals surface area (Å²) in [4.78, 5) is 12.8. The molecule has 1 amide bonds. The summed E-state index contributed by atoms with van der Waals surface area (Å²) < 4.78 is 25.7. The average molecular weight is 462 g/mol. The second-order valence-electron chi connectivity index (χ2n) is 6.91. The van der Waals surface area contributed by atoms with Crippen LogP contribution in [0.15, 0.2) is 30.3 Å². The Labute approximate surface area is 179 Å². The first-order valence-corrected chi connectivity index (χ1v) is 11.4. The minimum Gasteiger partial charge on any atom is -0.322 e. The molecule has 0 aromatic heterocycles. The minimum atomic E-state index is -3.41. The largest absolute Gasteiger partial charge is 0.322 e. The van der Waals surface area contributed by atoms with Gasteiger partial charge in [-0.1, -0.05) is 48.7 Å². The van der Waals surface area contributed by atoms with E-state index in [1.807, 2.05) is 26.0 Å². The van der Waals surface area contributed by atoms with E-state index in [4.69, 9.17) is 34.8 Å². The molecule has 1 heterocycles. The molecule has 1 saturated heterocycles. The SMILES string of the molecule is CC(C)c1cc(Cl)cc(NC(=O)c2cc(N3CCCS3(=O)=O)cc(Cl)c2Cl)c1. The summed E-state index contributed by atoms with van der Waals surface area (Å²) in [7, 11) is -3.41. The predicted octanol–water partition coefficient (Wildman–Crippen LogP) is 5.56. The molecule has 150 valence electrons. The van der Waals surface area contributed by atoms with Gasteiger partial charge in [0.1, 0.15) is 0 Å². The molecule has 1 fully saturated rings. The highest BCUT2D eigenvalue weighted by molar-refractivity contribution is 7.93. The highest BCUT2D eigenvalue weighted by atomic mass is 35.5. The third-order valence-electron chi connectivity index (χ3n) is 4.49. The zero-order chi connectivity index (χ0) is 20.6. The van der Waals surface area contributed by atoms with E-state index >= 15 is 0 Å². The number of carbonyl (C=O) groups excluding carboxylic acids is 1. The Bertz CT molecular complexity index is 1040. The van der Waals surface area contributed by atoms with Gasteiger partial charge in [0.05, 0.1) is 27.0 Å². The Morgan fingerprint density at radius 2 is 1.82 bits per heavy atom. The van der Waals surface area contributed by atoms with Gasteiger partial charge in [0.25, 0.3) is 5.91 Å². The monoisotopic (exact) mass is 460 g/mol. The number of rotatable bonds is 4. The van der Waals surface area contributed by atoms with Gasteiger partial charge in [-0.3, -0.25) is 9.10 Å². The number of hydrogen-bond acceptors (Lipinski definition) is 3. The fourth-order valence-corrected chi connectivity index (χ4v) is 5.23. The maximum Gasteiger partial charge on any atom is 0.257 e. The Morgan fingerprint density at radius 3 is 2.43 bits per heavy atom. The molecule has 0 bridgehead atoms. The van der Waals surface area contributed by atoms with Gasteiger partial charge >= 0.3 is 0 Å². The molecule has 0 spiro atoms. The van der Waals surface area contributed by atoms with Crippen LogP contribution < -0.4 is 9.62 Å². The van der Waals surface area contributed by atoms with E-state index in [9.17, 15) is 13.2 Å². The van der Waals surface area contributed by atoms with Crippen LogP contribution in [0.5, 0.6) is 0 Å². The fraction of sp³-hybridized carbons (Fsp3) is 0.316. The number of sulfonamides is 1. The Kier molecular flexibility index (Phi) is 6.15. The summed E-state index contributed by atoms with van der Waals surface area (Å²) in [5, 5.41) is 3.44. The van der Waals surface area contributed by atoms with Crippen molar-refractivity contribution in [1.29, 1.82) is 0 Å². The van der Waals surface area contributed by atoms with Crippen molar-refractivity contribution in [1.82, 2.24) is 0 Å². The lowest BCUT2D eigenvalue weighted by Crippen LogP contribution is -2.25. The van der Waals surface area contributed by atoms with Gasteiger partial charge in [-0.2, -0.15) is 0 Å².